The van der Waals surface area contributed by atoms with Crippen molar-refractivity contribution < 1.29 is 9.53 Å². The lowest BCUT2D eigenvalue weighted by Gasteiger charge is -2.21. The summed E-state index contributed by atoms with van der Waals surface area (Å²) in [5.74, 6) is 1.02. The summed E-state index contributed by atoms with van der Waals surface area (Å²) >= 11 is 0. The molecular weight excluding hydrogens is 364 g/mol. The largest absolute Gasteiger partial charge is 0.491 e. The lowest BCUT2D eigenvalue weighted by molar-refractivity contribution is 0.0983. The van der Waals surface area contributed by atoms with E-state index < -0.39 is 0 Å². The van der Waals surface area contributed by atoms with E-state index in [1.165, 1.54) is 0 Å². The summed E-state index contributed by atoms with van der Waals surface area (Å²) in [6, 6.07) is 18.9. The monoisotopic (exact) mass is 390 g/mol. The first kappa shape index (κ1) is 20.3. The number of hydrogen-bond donors (Lipinski definition) is 1. The van der Waals surface area contributed by atoms with E-state index in [1.54, 1.807) is 11.0 Å². The number of carbonyl (C=O) groups excluding carboxylic acids is 1. The highest BCUT2D eigenvalue weighted by Crippen LogP contribution is 2.21. The Bertz CT molecular complexity index is 956. The van der Waals surface area contributed by atoms with Crippen LogP contribution in [-0.2, 0) is 0 Å². The Labute approximate surface area is 171 Å². The van der Waals surface area contributed by atoms with Crippen molar-refractivity contribution in [2.75, 3.05) is 16.8 Å². The van der Waals surface area contributed by atoms with E-state index in [0.29, 0.717) is 18.2 Å². The number of nitrogens with zero attached hydrogens (tertiary/aromatic N) is 3. The van der Waals surface area contributed by atoms with E-state index in [2.05, 4.69) is 15.3 Å². The second-order valence-corrected chi connectivity index (χ2v) is 6.92. The molecule has 1 amide bonds. The molecule has 0 bridgehead atoms. The molecule has 29 heavy (non-hydrogen) atoms. The van der Waals surface area contributed by atoms with Crippen molar-refractivity contribution >= 4 is 23.2 Å². The normalized spacial score (nSPS) is 10.7. The fraction of sp³-hybridized carbons (Fsp3) is 0.261. The van der Waals surface area contributed by atoms with Gasteiger partial charge in [0.15, 0.2) is 0 Å². The molecule has 2 aromatic carbocycles. The highest BCUT2D eigenvalue weighted by atomic mass is 16.5. The van der Waals surface area contributed by atoms with Gasteiger partial charge in [-0.25, -0.2) is 9.97 Å². The zero-order chi connectivity index (χ0) is 20.8. The molecule has 0 aliphatic carbocycles. The van der Waals surface area contributed by atoms with Crippen molar-refractivity contribution in [1.82, 2.24) is 9.97 Å². The minimum Gasteiger partial charge on any atom is -0.491 e. The Hall–Kier alpha value is -3.41. The second kappa shape index (κ2) is 9.19. The molecule has 3 aromatic rings. The number of carbonyl (C=O) groups is 1. The molecule has 0 aliphatic heterocycles. The van der Waals surface area contributed by atoms with Crippen LogP contribution in [0.5, 0.6) is 5.75 Å². The van der Waals surface area contributed by atoms with Gasteiger partial charge in [0, 0.05) is 23.6 Å². The van der Waals surface area contributed by atoms with Crippen LogP contribution in [0.4, 0.5) is 17.3 Å². The fourth-order valence-corrected chi connectivity index (χ4v) is 2.94. The van der Waals surface area contributed by atoms with Crippen molar-refractivity contribution in [1.29, 1.82) is 0 Å². The average Bonchev–Trinajstić information content (AvgIpc) is 2.70. The van der Waals surface area contributed by atoms with Crippen LogP contribution in [0.25, 0.3) is 0 Å². The van der Waals surface area contributed by atoms with Crippen molar-refractivity contribution in [2.24, 2.45) is 0 Å². The summed E-state index contributed by atoms with van der Waals surface area (Å²) < 4.78 is 5.66. The van der Waals surface area contributed by atoms with Crippen LogP contribution in [0.2, 0.25) is 0 Å². The minimum atomic E-state index is -0.159. The zero-order valence-corrected chi connectivity index (χ0v) is 17.2. The standard InChI is InChI=1S/C23H26N4O2/c1-5-27(19-9-7-6-8-10-19)22(28)21-15-17(4)24-23(26-21)25-18-11-13-20(14-12-18)29-16(2)3/h6-16H,5H2,1-4H3,(H,24,25,26). The number of rotatable bonds is 7. The Kier molecular flexibility index (Phi) is 6.44. The maximum absolute atomic E-state index is 13.1. The smallest absolute Gasteiger partial charge is 0.277 e. The van der Waals surface area contributed by atoms with Gasteiger partial charge in [0.25, 0.3) is 5.91 Å². The number of amides is 1. The van der Waals surface area contributed by atoms with Crippen LogP contribution in [0.1, 0.15) is 37.0 Å². The molecule has 6 nitrogen and oxygen atoms in total. The van der Waals surface area contributed by atoms with Gasteiger partial charge in [0.05, 0.1) is 6.10 Å². The summed E-state index contributed by atoms with van der Waals surface area (Å²) in [5, 5.41) is 3.17. The maximum atomic E-state index is 13.1. The van der Waals surface area contributed by atoms with Crippen LogP contribution in [0, 0.1) is 6.92 Å². The molecule has 0 unspecified atom stereocenters. The maximum Gasteiger partial charge on any atom is 0.277 e. The average molecular weight is 390 g/mol. The number of para-hydroxylation sites is 1. The SMILES string of the molecule is CCN(C(=O)c1cc(C)nc(Nc2ccc(OC(C)C)cc2)n1)c1ccccc1. The van der Waals surface area contributed by atoms with Crippen LogP contribution in [-0.4, -0.2) is 28.5 Å². The van der Waals surface area contributed by atoms with E-state index in [-0.39, 0.29) is 12.0 Å². The highest BCUT2D eigenvalue weighted by Gasteiger charge is 2.19. The van der Waals surface area contributed by atoms with Crippen molar-refractivity contribution in [3.05, 3.63) is 72.1 Å². The lowest BCUT2D eigenvalue weighted by atomic mass is 10.2. The second-order valence-electron chi connectivity index (χ2n) is 6.92. The van der Waals surface area contributed by atoms with Gasteiger partial charge in [0.1, 0.15) is 11.4 Å². The Morgan fingerprint density at radius 1 is 1.07 bits per heavy atom. The Balaban J connectivity index is 1.81. The first-order valence-corrected chi connectivity index (χ1v) is 9.72. The molecule has 0 radical (unpaired) electrons. The molecule has 3 rings (SSSR count). The number of nitrogens with one attached hydrogen (secondary N) is 1. The summed E-state index contributed by atoms with van der Waals surface area (Å²) in [6.45, 7) is 8.31. The van der Waals surface area contributed by atoms with E-state index in [9.17, 15) is 4.79 Å². The van der Waals surface area contributed by atoms with E-state index in [0.717, 1.165) is 22.8 Å². The molecular formula is C23H26N4O2. The molecule has 1 heterocycles. The molecule has 0 saturated heterocycles. The number of benzene rings is 2. The molecule has 0 atom stereocenters. The van der Waals surface area contributed by atoms with Gasteiger partial charge in [-0.1, -0.05) is 18.2 Å². The van der Waals surface area contributed by atoms with Crippen molar-refractivity contribution in [3.8, 4) is 5.75 Å². The lowest BCUT2D eigenvalue weighted by Crippen LogP contribution is -2.31. The summed E-state index contributed by atoms with van der Waals surface area (Å²) in [7, 11) is 0. The van der Waals surface area contributed by atoms with E-state index >= 15 is 0 Å². The van der Waals surface area contributed by atoms with Gasteiger partial charge in [0.2, 0.25) is 5.95 Å². The number of anilines is 3. The summed E-state index contributed by atoms with van der Waals surface area (Å²) in [5.41, 5.74) is 2.73. The third kappa shape index (κ3) is 5.31. The Morgan fingerprint density at radius 3 is 2.38 bits per heavy atom. The van der Waals surface area contributed by atoms with Crippen LogP contribution >= 0.6 is 0 Å². The number of hydrogen-bond acceptors (Lipinski definition) is 5. The number of aromatic nitrogens is 2. The quantitative estimate of drug-likeness (QED) is 0.616. The molecule has 1 aromatic heterocycles. The van der Waals surface area contributed by atoms with Gasteiger partial charge in [-0.15, -0.1) is 0 Å². The van der Waals surface area contributed by atoms with E-state index in [4.69, 9.17) is 4.74 Å². The van der Waals surface area contributed by atoms with Crippen LogP contribution < -0.4 is 15.0 Å². The van der Waals surface area contributed by atoms with Crippen molar-refractivity contribution in [2.45, 2.75) is 33.8 Å². The zero-order valence-electron chi connectivity index (χ0n) is 17.2. The van der Waals surface area contributed by atoms with Crippen molar-refractivity contribution in [3.63, 3.8) is 0 Å². The molecule has 0 aliphatic rings. The first-order chi connectivity index (χ1) is 14.0. The third-order valence-electron chi connectivity index (χ3n) is 4.18. The fourth-order valence-electron chi connectivity index (χ4n) is 2.94. The third-order valence-corrected chi connectivity index (χ3v) is 4.18. The first-order valence-electron chi connectivity index (χ1n) is 9.72. The topological polar surface area (TPSA) is 67.4 Å². The minimum absolute atomic E-state index is 0.119. The predicted molar refractivity (Wildman–Crippen MR) is 116 cm³/mol. The molecule has 0 fully saturated rings. The molecule has 0 saturated carbocycles. The summed E-state index contributed by atoms with van der Waals surface area (Å²) in [6.07, 6.45) is 0.119. The summed E-state index contributed by atoms with van der Waals surface area (Å²) in [4.78, 5) is 23.6. The van der Waals surface area contributed by atoms with Gasteiger partial charge >= 0.3 is 0 Å². The van der Waals surface area contributed by atoms with E-state index in [1.807, 2.05) is 82.3 Å². The van der Waals surface area contributed by atoms with Crippen LogP contribution in [0.3, 0.4) is 0 Å². The number of ether oxygens (including phenoxy) is 1. The number of aryl methyl sites for hydroxylation is 1. The van der Waals surface area contributed by atoms with Gasteiger partial charge in [-0.05, 0) is 70.2 Å². The van der Waals surface area contributed by atoms with Crippen LogP contribution in [0.15, 0.2) is 60.7 Å². The van der Waals surface area contributed by atoms with Gasteiger partial charge in [-0.2, -0.15) is 0 Å². The molecule has 0 spiro atoms. The van der Waals surface area contributed by atoms with Gasteiger partial charge in [-0.3, -0.25) is 4.79 Å². The molecule has 1 N–H and O–H groups in total. The molecule has 6 heteroatoms. The Morgan fingerprint density at radius 2 is 1.76 bits per heavy atom. The van der Waals surface area contributed by atoms with Gasteiger partial charge < -0.3 is 15.0 Å². The predicted octanol–water partition coefficient (Wildman–Crippen LogP) is 4.98. The highest BCUT2D eigenvalue weighted by molar-refractivity contribution is 6.05. The molecule has 150 valence electrons.